The van der Waals surface area contributed by atoms with Crippen LogP contribution in [0.15, 0.2) is 109 Å². The molecule has 2 aliphatic heterocycles. The molecule has 0 amide bonds. The first-order chi connectivity index (χ1) is 22.1. The van der Waals surface area contributed by atoms with Gasteiger partial charge in [0.1, 0.15) is 0 Å². The maximum Gasteiger partial charge on any atom is 0.340 e. The normalized spacial score (nSPS) is 15.2. The largest absolute Gasteiger partial charge is 0.465 e. The number of hydrogen-bond donors (Lipinski definition) is 0. The summed E-state index contributed by atoms with van der Waals surface area (Å²) in [6, 6.07) is 36.4. The zero-order valence-corrected chi connectivity index (χ0v) is 26.9. The van der Waals surface area contributed by atoms with E-state index in [1.807, 2.05) is 48.5 Å². The van der Waals surface area contributed by atoms with E-state index in [4.69, 9.17) is 9.47 Å². The Balaban J connectivity index is 1.57. The number of anilines is 6. The summed E-state index contributed by atoms with van der Waals surface area (Å²) in [5.74, 6) is -1.02. The molecule has 6 nitrogen and oxygen atoms in total. The number of esters is 2. The van der Waals surface area contributed by atoms with Crippen molar-refractivity contribution in [2.24, 2.45) is 0 Å². The lowest BCUT2D eigenvalue weighted by atomic mass is 9.73. The highest BCUT2D eigenvalue weighted by atomic mass is 16.5. The lowest BCUT2D eigenvalue weighted by Gasteiger charge is -2.43. The van der Waals surface area contributed by atoms with Gasteiger partial charge < -0.3 is 19.3 Å². The summed E-state index contributed by atoms with van der Waals surface area (Å²) in [5, 5.41) is 0. The molecule has 5 aromatic rings. The van der Waals surface area contributed by atoms with Crippen LogP contribution in [0.2, 0.25) is 0 Å². The third-order valence-electron chi connectivity index (χ3n) is 9.68. The summed E-state index contributed by atoms with van der Waals surface area (Å²) in [6.45, 7) is 8.83. The smallest absolute Gasteiger partial charge is 0.340 e. The quantitative estimate of drug-likeness (QED) is 0.190. The molecule has 2 heterocycles. The molecular formula is C40H36N2O4. The molecular weight excluding hydrogens is 572 g/mol. The fraction of sp³-hybridized carbons (Fsp3) is 0.200. The topological polar surface area (TPSA) is 59.1 Å². The minimum absolute atomic E-state index is 0.297. The first-order valence-corrected chi connectivity index (χ1v) is 15.4. The number of carbonyl (C=O) groups excluding carboxylic acids is 2. The second kappa shape index (κ2) is 10.6. The first kappa shape index (κ1) is 29.4. The Morgan fingerprint density at radius 2 is 0.717 bits per heavy atom. The van der Waals surface area contributed by atoms with Crippen LogP contribution in [0.4, 0.5) is 34.1 Å². The average Bonchev–Trinajstić information content (AvgIpc) is 3.08. The molecule has 0 saturated heterocycles. The summed E-state index contributed by atoms with van der Waals surface area (Å²) in [6.07, 6.45) is 0. The van der Waals surface area contributed by atoms with Crippen LogP contribution in [-0.4, -0.2) is 26.2 Å². The highest BCUT2D eigenvalue weighted by Gasteiger charge is 2.41. The number of benzene rings is 5. The van der Waals surface area contributed by atoms with Gasteiger partial charge in [0, 0.05) is 10.8 Å². The van der Waals surface area contributed by atoms with Crippen molar-refractivity contribution in [1.82, 2.24) is 0 Å². The van der Waals surface area contributed by atoms with Crippen molar-refractivity contribution in [3.05, 3.63) is 143 Å². The highest BCUT2D eigenvalue weighted by molar-refractivity contribution is 6.08. The van der Waals surface area contributed by atoms with Crippen molar-refractivity contribution < 1.29 is 19.1 Å². The number of ether oxygens (including phenoxy) is 2. The van der Waals surface area contributed by atoms with Crippen molar-refractivity contribution in [3.8, 4) is 0 Å². The molecule has 0 atom stereocenters. The number of carbonyl (C=O) groups is 2. The van der Waals surface area contributed by atoms with Gasteiger partial charge in [0.2, 0.25) is 0 Å². The molecule has 7 rings (SSSR count). The average molecular weight is 609 g/mol. The van der Waals surface area contributed by atoms with Crippen LogP contribution in [0.3, 0.4) is 0 Å². The Morgan fingerprint density at radius 3 is 0.978 bits per heavy atom. The van der Waals surface area contributed by atoms with E-state index in [0.717, 1.165) is 45.0 Å². The number of fused-ring (bicyclic) bond motifs is 4. The molecule has 46 heavy (non-hydrogen) atoms. The van der Waals surface area contributed by atoms with Crippen LogP contribution < -0.4 is 9.80 Å². The summed E-state index contributed by atoms with van der Waals surface area (Å²) in [5.41, 5.74) is 9.26. The number of hydrogen-bond acceptors (Lipinski definition) is 6. The van der Waals surface area contributed by atoms with E-state index >= 15 is 0 Å². The Hall–Kier alpha value is -5.36. The second-order valence-electron chi connectivity index (χ2n) is 12.9. The van der Waals surface area contributed by atoms with Crippen LogP contribution in [0.25, 0.3) is 0 Å². The number of methoxy groups -OCH3 is 2. The molecule has 6 heteroatoms. The number of para-hydroxylation sites is 4. The van der Waals surface area contributed by atoms with E-state index in [9.17, 15) is 9.59 Å². The Kier molecular flexibility index (Phi) is 6.78. The lowest BCUT2D eigenvalue weighted by molar-refractivity contribution is 0.0588. The van der Waals surface area contributed by atoms with E-state index < -0.39 is 11.9 Å². The van der Waals surface area contributed by atoms with Gasteiger partial charge in [-0.3, -0.25) is 0 Å². The van der Waals surface area contributed by atoms with Crippen LogP contribution in [0.5, 0.6) is 0 Å². The summed E-state index contributed by atoms with van der Waals surface area (Å²) >= 11 is 0. The lowest BCUT2D eigenvalue weighted by Crippen LogP contribution is -2.32. The Bertz CT molecular complexity index is 1800. The molecule has 5 aromatic carbocycles. The molecule has 0 aromatic heterocycles. The van der Waals surface area contributed by atoms with E-state index in [1.54, 1.807) is 12.1 Å². The monoisotopic (exact) mass is 608 g/mol. The molecule has 0 fully saturated rings. The third-order valence-corrected chi connectivity index (χ3v) is 9.68. The van der Waals surface area contributed by atoms with Crippen molar-refractivity contribution in [2.75, 3.05) is 24.0 Å². The molecule has 0 spiro atoms. The molecule has 2 aliphatic rings. The zero-order chi connectivity index (χ0) is 32.4. The van der Waals surface area contributed by atoms with Crippen LogP contribution >= 0.6 is 0 Å². The number of rotatable bonds is 4. The second-order valence-corrected chi connectivity index (χ2v) is 12.9. The highest BCUT2D eigenvalue weighted by Crippen LogP contribution is 2.55. The minimum Gasteiger partial charge on any atom is -0.465 e. The maximum absolute atomic E-state index is 13.8. The fourth-order valence-electron chi connectivity index (χ4n) is 7.35. The van der Waals surface area contributed by atoms with E-state index in [-0.39, 0.29) is 10.8 Å². The SMILES string of the molecule is COC(=O)c1cc(N2c3ccccc3C(C)(C)c3ccccc32)c(C(=O)OC)cc1N1c2ccccc2C(C)(C)c2ccccc21. The summed E-state index contributed by atoms with van der Waals surface area (Å²) in [4.78, 5) is 31.8. The Labute approximate surface area is 269 Å². The van der Waals surface area contributed by atoms with Crippen molar-refractivity contribution in [1.29, 1.82) is 0 Å². The van der Waals surface area contributed by atoms with Gasteiger partial charge in [-0.2, -0.15) is 0 Å². The molecule has 230 valence electrons. The van der Waals surface area contributed by atoms with Crippen LogP contribution in [0, 0.1) is 0 Å². The van der Waals surface area contributed by atoms with Gasteiger partial charge in [-0.05, 0) is 58.7 Å². The van der Waals surface area contributed by atoms with Crippen molar-refractivity contribution >= 4 is 46.1 Å². The molecule has 0 saturated carbocycles. The van der Waals surface area contributed by atoms with Gasteiger partial charge in [-0.1, -0.05) is 100 Å². The fourth-order valence-corrected chi connectivity index (χ4v) is 7.35. The van der Waals surface area contributed by atoms with Gasteiger partial charge >= 0.3 is 11.9 Å². The zero-order valence-electron chi connectivity index (χ0n) is 26.9. The molecule has 0 bridgehead atoms. The van der Waals surface area contributed by atoms with Gasteiger partial charge in [-0.15, -0.1) is 0 Å². The van der Waals surface area contributed by atoms with E-state index in [0.29, 0.717) is 22.5 Å². The maximum atomic E-state index is 13.8. The predicted octanol–water partition coefficient (Wildman–Crippen LogP) is 9.48. The molecule has 0 unspecified atom stereocenters. The van der Waals surface area contributed by atoms with Gasteiger partial charge in [0.25, 0.3) is 0 Å². The van der Waals surface area contributed by atoms with Gasteiger partial charge in [0.15, 0.2) is 0 Å². The van der Waals surface area contributed by atoms with Crippen LogP contribution in [0.1, 0.15) is 70.7 Å². The summed E-state index contributed by atoms with van der Waals surface area (Å²) < 4.78 is 10.9. The molecule has 0 aliphatic carbocycles. The van der Waals surface area contributed by atoms with Crippen molar-refractivity contribution in [2.45, 2.75) is 38.5 Å². The minimum atomic E-state index is -0.508. The first-order valence-electron chi connectivity index (χ1n) is 15.4. The third kappa shape index (κ3) is 4.17. The molecule has 0 radical (unpaired) electrons. The van der Waals surface area contributed by atoms with Gasteiger partial charge in [0.05, 0.1) is 59.5 Å². The summed E-state index contributed by atoms with van der Waals surface area (Å²) in [7, 11) is 2.77. The van der Waals surface area contributed by atoms with Crippen molar-refractivity contribution in [3.63, 3.8) is 0 Å². The predicted molar refractivity (Wildman–Crippen MR) is 183 cm³/mol. The molecule has 0 N–H and O–H groups in total. The van der Waals surface area contributed by atoms with E-state index in [1.165, 1.54) is 14.2 Å². The Morgan fingerprint density at radius 1 is 0.457 bits per heavy atom. The van der Waals surface area contributed by atoms with Gasteiger partial charge in [-0.25, -0.2) is 9.59 Å². The van der Waals surface area contributed by atoms with E-state index in [2.05, 4.69) is 86.0 Å². The van der Waals surface area contributed by atoms with Crippen LogP contribution in [-0.2, 0) is 20.3 Å². The number of nitrogens with zero attached hydrogens (tertiary/aromatic N) is 2. The standard InChI is InChI=1S/C40H36N2O4/c1-39(2)27-15-7-11-19-31(27)41(32-20-12-8-16-28(32)39)35-23-26(38(44)46-6)36(24-25(35)37(43)45-5)42-33-21-13-9-17-29(33)40(3,4)30-18-10-14-22-34(30)42/h7-24H,1-6H3.